The van der Waals surface area contributed by atoms with Crippen LogP contribution in [0.1, 0.15) is 46.5 Å². The van der Waals surface area contributed by atoms with Crippen molar-refractivity contribution in [2.75, 3.05) is 19.6 Å². The van der Waals surface area contributed by atoms with E-state index in [-0.39, 0.29) is 18.4 Å². The Bertz CT molecular complexity index is 274. The summed E-state index contributed by atoms with van der Waals surface area (Å²) >= 11 is 0. The Hall–Kier alpha value is -0.280. The summed E-state index contributed by atoms with van der Waals surface area (Å²) in [4.78, 5) is 14.3. The zero-order valence-corrected chi connectivity index (χ0v) is 12.7. The van der Waals surface area contributed by atoms with Crippen molar-refractivity contribution < 1.29 is 4.79 Å². The second-order valence-corrected chi connectivity index (χ2v) is 6.61. The molecule has 1 atom stereocenters. The molecule has 2 saturated heterocycles. The molecule has 106 valence electrons. The van der Waals surface area contributed by atoms with Gasteiger partial charge >= 0.3 is 0 Å². The summed E-state index contributed by atoms with van der Waals surface area (Å²) in [6.07, 6.45) is 4.51. The molecule has 0 aromatic carbocycles. The molecule has 1 N–H and O–H groups in total. The largest absolute Gasteiger partial charge is 0.341 e. The molecule has 0 saturated carbocycles. The van der Waals surface area contributed by atoms with E-state index < -0.39 is 0 Å². The number of carbonyl (C=O) groups is 1. The first-order valence-corrected chi connectivity index (χ1v) is 7.00. The van der Waals surface area contributed by atoms with Crippen molar-refractivity contribution in [1.82, 2.24) is 10.2 Å². The monoisotopic (exact) mass is 274 g/mol. The van der Waals surface area contributed by atoms with Gasteiger partial charge in [-0.1, -0.05) is 20.8 Å². The fourth-order valence-corrected chi connectivity index (χ4v) is 3.08. The lowest BCUT2D eigenvalue weighted by Gasteiger charge is -2.39. The summed E-state index contributed by atoms with van der Waals surface area (Å²) in [6.45, 7) is 9.86. The lowest BCUT2D eigenvalue weighted by molar-refractivity contribution is -0.135. The zero-order valence-electron chi connectivity index (χ0n) is 11.9. The molecule has 0 spiro atoms. The smallest absolute Gasteiger partial charge is 0.239 e. The molecule has 2 rings (SSSR count). The van der Waals surface area contributed by atoms with Crippen LogP contribution in [0.15, 0.2) is 0 Å². The van der Waals surface area contributed by atoms with Crippen LogP contribution in [0.5, 0.6) is 0 Å². The normalized spacial score (nSPS) is 25.9. The maximum atomic E-state index is 12.2. The molecule has 0 aromatic heterocycles. The van der Waals surface area contributed by atoms with Gasteiger partial charge in [-0.15, -0.1) is 12.4 Å². The predicted octanol–water partition coefficient (Wildman–Crippen LogP) is 2.44. The molecule has 1 unspecified atom stereocenters. The van der Waals surface area contributed by atoms with Crippen molar-refractivity contribution in [2.45, 2.75) is 52.5 Å². The van der Waals surface area contributed by atoms with Gasteiger partial charge < -0.3 is 10.2 Å². The molecule has 2 aliphatic heterocycles. The van der Waals surface area contributed by atoms with Gasteiger partial charge in [0.05, 0.1) is 6.04 Å². The number of nitrogens with zero attached hydrogens (tertiary/aromatic N) is 1. The number of amides is 1. The number of halogens is 1. The van der Waals surface area contributed by atoms with E-state index >= 15 is 0 Å². The third kappa shape index (κ3) is 3.61. The van der Waals surface area contributed by atoms with Crippen LogP contribution in [0.4, 0.5) is 0 Å². The predicted molar refractivity (Wildman–Crippen MR) is 77.0 cm³/mol. The van der Waals surface area contributed by atoms with E-state index in [4.69, 9.17) is 0 Å². The van der Waals surface area contributed by atoms with Crippen LogP contribution in [0.3, 0.4) is 0 Å². The van der Waals surface area contributed by atoms with E-state index in [9.17, 15) is 4.79 Å². The zero-order chi connectivity index (χ0) is 12.5. The Morgan fingerprint density at radius 3 is 2.22 bits per heavy atom. The molecular weight excluding hydrogens is 248 g/mol. The average molecular weight is 275 g/mol. The van der Waals surface area contributed by atoms with Gasteiger partial charge in [-0.2, -0.15) is 0 Å². The second-order valence-electron chi connectivity index (χ2n) is 6.61. The standard InChI is InChI=1S/C14H26N2O.ClH/c1-14(2,3)11-6-9-16(10-7-11)13(17)12-5-4-8-15-12;/h11-12,15H,4-10H2,1-3H3;1H. The quantitative estimate of drug-likeness (QED) is 0.797. The van der Waals surface area contributed by atoms with E-state index in [1.165, 1.54) is 12.8 Å². The number of likely N-dealkylation sites (tertiary alicyclic amines) is 1. The Labute approximate surface area is 117 Å². The number of carbonyl (C=O) groups excluding carboxylic acids is 1. The van der Waals surface area contributed by atoms with E-state index in [0.717, 1.165) is 38.4 Å². The number of hydrogen-bond acceptors (Lipinski definition) is 2. The highest BCUT2D eigenvalue weighted by atomic mass is 35.5. The summed E-state index contributed by atoms with van der Waals surface area (Å²) in [5, 5.41) is 3.30. The van der Waals surface area contributed by atoms with E-state index in [2.05, 4.69) is 31.0 Å². The number of nitrogens with one attached hydrogen (secondary N) is 1. The van der Waals surface area contributed by atoms with Crippen molar-refractivity contribution in [3.63, 3.8) is 0 Å². The molecule has 1 amide bonds. The molecule has 2 fully saturated rings. The molecule has 0 aromatic rings. The summed E-state index contributed by atoms with van der Waals surface area (Å²) in [5.41, 5.74) is 0.390. The van der Waals surface area contributed by atoms with Crippen molar-refractivity contribution in [3.05, 3.63) is 0 Å². The van der Waals surface area contributed by atoms with Gasteiger partial charge in [0.2, 0.25) is 5.91 Å². The highest BCUT2D eigenvalue weighted by Gasteiger charge is 2.33. The first-order chi connectivity index (χ1) is 7.98. The van der Waals surface area contributed by atoms with Gasteiger partial charge in [-0.3, -0.25) is 4.79 Å². The Morgan fingerprint density at radius 1 is 1.17 bits per heavy atom. The van der Waals surface area contributed by atoms with Crippen molar-refractivity contribution in [2.24, 2.45) is 11.3 Å². The van der Waals surface area contributed by atoms with Crippen molar-refractivity contribution in [3.8, 4) is 0 Å². The number of piperidine rings is 1. The third-order valence-corrected chi connectivity index (χ3v) is 4.39. The highest BCUT2D eigenvalue weighted by Crippen LogP contribution is 2.34. The minimum Gasteiger partial charge on any atom is -0.341 e. The van der Waals surface area contributed by atoms with Crippen LogP contribution in [0.25, 0.3) is 0 Å². The number of hydrogen-bond donors (Lipinski definition) is 1. The minimum absolute atomic E-state index is 0. The SMILES string of the molecule is CC(C)(C)C1CCN(C(=O)C2CCCN2)CC1.Cl. The van der Waals surface area contributed by atoms with E-state index in [1.54, 1.807) is 0 Å². The molecular formula is C14H27ClN2O. The molecule has 4 heteroatoms. The molecule has 18 heavy (non-hydrogen) atoms. The van der Waals surface area contributed by atoms with Crippen LogP contribution in [-0.4, -0.2) is 36.5 Å². The van der Waals surface area contributed by atoms with Crippen molar-refractivity contribution in [1.29, 1.82) is 0 Å². The highest BCUT2D eigenvalue weighted by molar-refractivity contribution is 5.85. The lowest BCUT2D eigenvalue weighted by Crippen LogP contribution is -2.48. The summed E-state index contributed by atoms with van der Waals surface area (Å²) in [5.74, 6) is 1.11. The van der Waals surface area contributed by atoms with Crippen LogP contribution in [0.2, 0.25) is 0 Å². The van der Waals surface area contributed by atoms with Crippen LogP contribution >= 0.6 is 12.4 Å². The van der Waals surface area contributed by atoms with Crippen molar-refractivity contribution >= 4 is 18.3 Å². The minimum atomic E-state index is 0. The van der Waals surface area contributed by atoms with Gasteiger partial charge in [0.25, 0.3) is 0 Å². The lowest BCUT2D eigenvalue weighted by atomic mass is 9.75. The average Bonchev–Trinajstić information content (AvgIpc) is 2.80. The van der Waals surface area contributed by atoms with Crippen LogP contribution in [-0.2, 0) is 4.79 Å². The van der Waals surface area contributed by atoms with E-state index in [0.29, 0.717) is 11.3 Å². The molecule has 0 radical (unpaired) electrons. The van der Waals surface area contributed by atoms with Crippen LogP contribution in [0, 0.1) is 11.3 Å². The van der Waals surface area contributed by atoms with Gasteiger partial charge in [0.1, 0.15) is 0 Å². The molecule has 0 bridgehead atoms. The first kappa shape index (κ1) is 15.8. The van der Waals surface area contributed by atoms with Gasteiger partial charge in [0.15, 0.2) is 0 Å². The fraction of sp³-hybridized carbons (Fsp3) is 0.929. The number of rotatable bonds is 1. The Kier molecular flexibility index (Phi) is 5.47. The molecule has 3 nitrogen and oxygen atoms in total. The van der Waals surface area contributed by atoms with E-state index in [1.807, 2.05) is 0 Å². The molecule has 0 aliphatic carbocycles. The van der Waals surface area contributed by atoms with Gasteiger partial charge in [-0.05, 0) is 43.6 Å². The Morgan fingerprint density at radius 2 is 1.78 bits per heavy atom. The topological polar surface area (TPSA) is 32.3 Å². The van der Waals surface area contributed by atoms with Gasteiger partial charge in [-0.25, -0.2) is 0 Å². The maximum absolute atomic E-state index is 12.2. The fourth-order valence-electron chi connectivity index (χ4n) is 3.08. The van der Waals surface area contributed by atoms with Crippen LogP contribution < -0.4 is 5.32 Å². The molecule has 2 aliphatic rings. The summed E-state index contributed by atoms with van der Waals surface area (Å²) < 4.78 is 0. The Balaban J connectivity index is 0.00000162. The third-order valence-electron chi connectivity index (χ3n) is 4.39. The molecule has 2 heterocycles. The maximum Gasteiger partial charge on any atom is 0.239 e. The van der Waals surface area contributed by atoms with Gasteiger partial charge in [0, 0.05) is 13.1 Å². The summed E-state index contributed by atoms with van der Waals surface area (Å²) in [7, 11) is 0. The summed E-state index contributed by atoms with van der Waals surface area (Å²) in [6, 6.07) is 0.112. The first-order valence-electron chi connectivity index (χ1n) is 7.00. The second kappa shape index (κ2) is 6.25.